The van der Waals surface area contributed by atoms with Crippen LogP contribution in [0, 0.1) is 5.82 Å². The molecule has 1 fully saturated rings. The number of carbonyl (C=O) groups excluding carboxylic acids is 1. The summed E-state index contributed by atoms with van der Waals surface area (Å²) in [6.07, 6.45) is 2.35. The van der Waals surface area contributed by atoms with E-state index in [0.29, 0.717) is 25.5 Å². The molecule has 0 saturated heterocycles. The van der Waals surface area contributed by atoms with Gasteiger partial charge in [0.1, 0.15) is 5.82 Å². The van der Waals surface area contributed by atoms with Gasteiger partial charge in [-0.15, -0.1) is 0 Å². The van der Waals surface area contributed by atoms with Crippen molar-refractivity contribution in [2.24, 2.45) is 4.99 Å². The molecule has 0 aromatic heterocycles. The molecule has 29 heavy (non-hydrogen) atoms. The number of rotatable bonds is 6. The zero-order chi connectivity index (χ0) is 20.3. The molecule has 4 rings (SSSR count). The number of nitrogens with one attached hydrogen (secondary N) is 3. The van der Waals surface area contributed by atoms with Crippen LogP contribution in [0.5, 0.6) is 0 Å². The second-order valence-electron chi connectivity index (χ2n) is 7.87. The topological polar surface area (TPSA) is 65.5 Å². The lowest BCUT2D eigenvalue weighted by Crippen LogP contribution is -2.41. The number of amides is 1. The number of aliphatic imine (C=N–C) groups is 1. The van der Waals surface area contributed by atoms with Crippen molar-refractivity contribution in [2.45, 2.75) is 37.5 Å². The van der Waals surface area contributed by atoms with Crippen molar-refractivity contribution in [2.75, 3.05) is 25.0 Å². The summed E-state index contributed by atoms with van der Waals surface area (Å²) in [5, 5.41) is 9.58. The highest BCUT2D eigenvalue weighted by Gasteiger charge is 2.45. The van der Waals surface area contributed by atoms with E-state index >= 15 is 0 Å². The van der Waals surface area contributed by atoms with E-state index in [1.165, 1.54) is 6.07 Å². The molecule has 1 amide bonds. The van der Waals surface area contributed by atoms with E-state index < -0.39 is 0 Å². The second kappa shape index (κ2) is 8.23. The van der Waals surface area contributed by atoms with Crippen molar-refractivity contribution >= 4 is 17.6 Å². The van der Waals surface area contributed by atoms with Crippen LogP contribution in [0.4, 0.5) is 10.1 Å². The van der Waals surface area contributed by atoms with E-state index in [1.54, 1.807) is 6.07 Å². The summed E-state index contributed by atoms with van der Waals surface area (Å²) in [5.41, 5.74) is 2.59. The normalized spacial score (nSPS) is 19.9. The zero-order valence-corrected chi connectivity index (χ0v) is 16.7. The third kappa shape index (κ3) is 4.26. The molecule has 5 nitrogen and oxygen atoms in total. The minimum Gasteiger partial charge on any atom is -0.357 e. The van der Waals surface area contributed by atoms with Gasteiger partial charge in [0.2, 0.25) is 5.91 Å². The number of benzene rings is 2. The number of hydrogen-bond donors (Lipinski definition) is 3. The first kappa shape index (κ1) is 19.4. The van der Waals surface area contributed by atoms with Crippen LogP contribution in [0.3, 0.4) is 0 Å². The summed E-state index contributed by atoms with van der Waals surface area (Å²) in [7, 11) is 0. The van der Waals surface area contributed by atoms with Gasteiger partial charge in [0.15, 0.2) is 5.96 Å². The molecule has 3 N–H and O–H groups in total. The van der Waals surface area contributed by atoms with E-state index in [-0.39, 0.29) is 23.1 Å². The number of para-hydroxylation sites is 1. The second-order valence-corrected chi connectivity index (χ2v) is 7.87. The van der Waals surface area contributed by atoms with Crippen molar-refractivity contribution in [1.29, 1.82) is 0 Å². The monoisotopic (exact) mass is 394 g/mol. The molecule has 1 atom stereocenters. The molecule has 2 aromatic rings. The minimum absolute atomic E-state index is 0.0360. The van der Waals surface area contributed by atoms with Gasteiger partial charge in [-0.25, -0.2) is 4.39 Å². The SMILES string of the molecule is CCNC(=NCC1(c2ccccc2F)CC1)NCC1CC(=O)Nc2ccccc21. The molecule has 2 aliphatic rings. The first-order chi connectivity index (χ1) is 14.1. The minimum atomic E-state index is -0.189. The third-order valence-electron chi connectivity index (χ3n) is 5.81. The van der Waals surface area contributed by atoms with Gasteiger partial charge in [-0.2, -0.15) is 0 Å². The Kier molecular flexibility index (Phi) is 5.51. The lowest BCUT2D eigenvalue weighted by atomic mass is 9.90. The number of fused-ring (bicyclic) bond motifs is 1. The zero-order valence-electron chi connectivity index (χ0n) is 16.7. The summed E-state index contributed by atoms with van der Waals surface area (Å²) in [4.78, 5) is 16.8. The van der Waals surface area contributed by atoms with Crippen molar-refractivity contribution in [3.8, 4) is 0 Å². The number of carbonyl (C=O) groups is 1. The maximum atomic E-state index is 14.2. The fourth-order valence-electron chi connectivity index (χ4n) is 4.03. The molecular weight excluding hydrogens is 367 g/mol. The predicted molar refractivity (Wildman–Crippen MR) is 114 cm³/mol. The molecule has 6 heteroatoms. The molecule has 0 radical (unpaired) electrons. The third-order valence-corrected chi connectivity index (χ3v) is 5.81. The largest absolute Gasteiger partial charge is 0.357 e. The smallest absolute Gasteiger partial charge is 0.225 e. The van der Waals surface area contributed by atoms with Gasteiger partial charge < -0.3 is 16.0 Å². The van der Waals surface area contributed by atoms with E-state index in [4.69, 9.17) is 4.99 Å². The Bertz CT molecular complexity index is 923. The Labute approximate surface area is 170 Å². The molecule has 1 aliphatic carbocycles. The Morgan fingerprint density at radius 1 is 1.17 bits per heavy atom. The predicted octanol–water partition coefficient (Wildman–Crippen LogP) is 3.54. The lowest BCUT2D eigenvalue weighted by Gasteiger charge is -2.26. The summed E-state index contributed by atoms with van der Waals surface area (Å²) in [6, 6.07) is 14.9. The van der Waals surface area contributed by atoms with Gasteiger partial charge in [-0.1, -0.05) is 36.4 Å². The molecule has 1 saturated carbocycles. The maximum Gasteiger partial charge on any atom is 0.225 e. The first-order valence-corrected chi connectivity index (χ1v) is 10.3. The molecule has 2 aromatic carbocycles. The van der Waals surface area contributed by atoms with Crippen LogP contribution in [0.25, 0.3) is 0 Å². The molecule has 0 spiro atoms. The average Bonchev–Trinajstić information content (AvgIpc) is 3.51. The van der Waals surface area contributed by atoms with Gasteiger partial charge in [0.05, 0.1) is 6.54 Å². The highest BCUT2D eigenvalue weighted by Crippen LogP contribution is 2.49. The van der Waals surface area contributed by atoms with Gasteiger partial charge in [0.25, 0.3) is 0 Å². The fraction of sp³-hybridized carbons (Fsp3) is 0.391. The number of hydrogen-bond acceptors (Lipinski definition) is 2. The fourth-order valence-corrected chi connectivity index (χ4v) is 4.03. The Balaban J connectivity index is 1.45. The molecule has 152 valence electrons. The van der Waals surface area contributed by atoms with Crippen molar-refractivity contribution in [1.82, 2.24) is 10.6 Å². The van der Waals surface area contributed by atoms with Gasteiger partial charge in [-0.3, -0.25) is 9.79 Å². The van der Waals surface area contributed by atoms with E-state index in [0.717, 1.165) is 36.2 Å². The van der Waals surface area contributed by atoms with Gasteiger partial charge in [-0.05, 0) is 43.0 Å². The van der Waals surface area contributed by atoms with Crippen molar-refractivity contribution in [3.63, 3.8) is 0 Å². The summed E-state index contributed by atoms with van der Waals surface area (Å²) in [6.45, 7) is 3.92. The lowest BCUT2D eigenvalue weighted by molar-refractivity contribution is -0.116. The number of nitrogens with zero attached hydrogens (tertiary/aromatic N) is 1. The molecule has 0 bridgehead atoms. The quantitative estimate of drug-likeness (QED) is 0.519. The van der Waals surface area contributed by atoms with Crippen LogP contribution >= 0.6 is 0 Å². The molecular formula is C23H27FN4O. The van der Waals surface area contributed by atoms with Crippen LogP contribution in [0.15, 0.2) is 53.5 Å². The van der Waals surface area contributed by atoms with E-state index in [1.807, 2.05) is 37.3 Å². The summed E-state index contributed by atoms with van der Waals surface area (Å²) < 4.78 is 14.2. The highest BCUT2D eigenvalue weighted by molar-refractivity contribution is 5.94. The molecule has 1 heterocycles. The van der Waals surface area contributed by atoms with Crippen LogP contribution < -0.4 is 16.0 Å². The number of halogens is 1. The maximum absolute atomic E-state index is 14.2. The highest BCUT2D eigenvalue weighted by atomic mass is 19.1. The number of anilines is 1. The average molecular weight is 394 g/mol. The summed E-state index contributed by atoms with van der Waals surface area (Å²) >= 11 is 0. The van der Waals surface area contributed by atoms with Crippen LogP contribution in [-0.2, 0) is 10.2 Å². The summed E-state index contributed by atoms with van der Waals surface area (Å²) in [5.74, 6) is 0.681. The number of guanidine groups is 1. The Morgan fingerprint density at radius 2 is 1.93 bits per heavy atom. The first-order valence-electron chi connectivity index (χ1n) is 10.3. The van der Waals surface area contributed by atoms with E-state index in [2.05, 4.69) is 22.0 Å². The van der Waals surface area contributed by atoms with Crippen LogP contribution in [-0.4, -0.2) is 31.5 Å². The molecule has 1 unspecified atom stereocenters. The molecule has 1 aliphatic heterocycles. The Morgan fingerprint density at radius 3 is 2.69 bits per heavy atom. The van der Waals surface area contributed by atoms with E-state index in [9.17, 15) is 9.18 Å². The standard InChI is InChI=1S/C23H27FN4O/c1-2-25-22(27-15-23(11-12-23)18-8-4-5-9-19(18)24)26-14-16-13-21(29)28-20-10-6-3-7-17(16)20/h3-10,16H,2,11-15H2,1H3,(H,28,29)(H2,25,26,27). The van der Waals surface area contributed by atoms with Crippen LogP contribution in [0.1, 0.15) is 43.2 Å². The van der Waals surface area contributed by atoms with Crippen molar-refractivity contribution in [3.05, 3.63) is 65.5 Å². The Hall–Kier alpha value is -2.89. The van der Waals surface area contributed by atoms with Gasteiger partial charge in [0, 0.05) is 36.5 Å². The van der Waals surface area contributed by atoms with Crippen molar-refractivity contribution < 1.29 is 9.18 Å². The van der Waals surface area contributed by atoms with Gasteiger partial charge >= 0.3 is 0 Å². The van der Waals surface area contributed by atoms with Crippen LogP contribution in [0.2, 0.25) is 0 Å².